The Morgan fingerprint density at radius 2 is 1.77 bits per heavy atom. The summed E-state index contributed by atoms with van der Waals surface area (Å²) in [6, 6.07) is 0. The van der Waals surface area contributed by atoms with Gasteiger partial charge >= 0.3 is 0 Å². The summed E-state index contributed by atoms with van der Waals surface area (Å²) in [6.45, 7) is 10.3. The number of rotatable bonds is 4. The van der Waals surface area contributed by atoms with Crippen LogP contribution in [0.1, 0.15) is 41.0 Å². The third-order valence-electron chi connectivity index (χ3n) is 1.97. The van der Waals surface area contributed by atoms with E-state index < -0.39 is 0 Å². The molecule has 0 heterocycles. The van der Waals surface area contributed by atoms with Gasteiger partial charge in [-0.05, 0) is 33.1 Å². The molecule has 0 bridgehead atoms. The monoisotopic (exact) mass is 182 g/mol. The minimum absolute atomic E-state index is 0.300. The summed E-state index contributed by atoms with van der Waals surface area (Å²) >= 11 is 0. The summed E-state index contributed by atoms with van der Waals surface area (Å²) < 4.78 is 0. The first-order chi connectivity index (χ1) is 5.93. The molecule has 0 spiro atoms. The van der Waals surface area contributed by atoms with Gasteiger partial charge in [0.15, 0.2) is 0 Å². The van der Waals surface area contributed by atoms with Crippen LogP contribution in [-0.4, -0.2) is 11.2 Å². The van der Waals surface area contributed by atoms with Gasteiger partial charge in [0.2, 0.25) is 0 Å². The zero-order valence-corrected chi connectivity index (χ0v) is 9.46. The molecule has 0 aliphatic rings. The average Bonchev–Trinajstić information content (AvgIpc) is 2.00. The molecule has 0 unspecified atom stereocenters. The summed E-state index contributed by atoms with van der Waals surface area (Å²) in [5.74, 6) is 0.307. The van der Waals surface area contributed by atoms with Gasteiger partial charge in [0.05, 0.1) is 6.10 Å². The standard InChI is InChI=1S/C12H22O/c1-9(2)6-7-11(5)8-12(13)10(3)4/h6,8,10,12-13H,7H2,1-5H3/b11-8+/t12-/m0/s1. The second-order valence-electron chi connectivity index (χ2n) is 4.23. The predicted molar refractivity (Wildman–Crippen MR) is 58.6 cm³/mol. The lowest BCUT2D eigenvalue weighted by Crippen LogP contribution is -2.11. The molecular weight excluding hydrogens is 160 g/mol. The summed E-state index contributed by atoms with van der Waals surface area (Å²) in [7, 11) is 0. The molecule has 0 radical (unpaired) electrons. The van der Waals surface area contributed by atoms with Crippen molar-refractivity contribution in [3.8, 4) is 0 Å². The van der Waals surface area contributed by atoms with Crippen molar-refractivity contribution >= 4 is 0 Å². The van der Waals surface area contributed by atoms with Gasteiger partial charge in [-0.1, -0.05) is 37.1 Å². The van der Waals surface area contributed by atoms with E-state index in [1.165, 1.54) is 11.1 Å². The van der Waals surface area contributed by atoms with Gasteiger partial charge in [-0.15, -0.1) is 0 Å². The first kappa shape index (κ1) is 12.4. The van der Waals surface area contributed by atoms with E-state index in [9.17, 15) is 5.11 Å². The van der Waals surface area contributed by atoms with E-state index in [4.69, 9.17) is 0 Å². The van der Waals surface area contributed by atoms with Crippen LogP contribution in [0.15, 0.2) is 23.3 Å². The highest BCUT2D eigenvalue weighted by Gasteiger charge is 2.04. The van der Waals surface area contributed by atoms with Crippen molar-refractivity contribution < 1.29 is 5.11 Å². The molecule has 0 aliphatic heterocycles. The number of aliphatic hydroxyl groups is 1. The van der Waals surface area contributed by atoms with Crippen LogP contribution in [0.2, 0.25) is 0 Å². The Morgan fingerprint density at radius 1 is 1.23 bits per heavy atom. The van der Waals surface area contributed by atoms with Gasteiger partial charge in [-0.3, -0.25) is 0 Å². The Morgan fingerprint density at radius 3 is 2.15 bits per heavy atom. The molecule has 0 aromatic rings. The zero-order chi connectivity index (χ0) is 10.4. The van der Waals surface area contributed by atoms with E-state index in [0.717, 1.165) is 6.42 Å². The molecule has 0 fully saturated rings. The van der Waals surface area contributed by atoms with Gasteiger partial charge in [0.25, 0.3) is 0 Å². The first-order valence-corrected chi connectivity index (χ1v) is 4.92. The maximum atomic E-state index is 9.57. The quantitative estimate of drug-likeness (QED) is 0.661. The highest BCUT2D eigenvalue weighted by molar-refractivity contribution is 5.09. The van der Waals surface area contributed by atoms with E-state index in [2.05, 4.69) is 26.8 Å². The summed E-state index contributed by atoms with van der Waals surface area (Å²) in [6.07, 6.45) is 4.78. The van der Waals surface area contributed by atoms with Crippen LogP contribution in [0.4, 0.5) is 0 Å². The van der Waals surface area contributed by atoms with Crippen LogP contribution in [0.3, 0.4) is 0 Å². The summed E-state index contributed by atoms with van der Waals surface area (Å²) in [5, 5.41) is 9.57. The molecule has 0 aromatic carbocycles. The summed E-state index contributed by atoms with van der Waals surface area (Å²) in [4.78, 5) is 0. The molecule has 0 aliphatic carbocycles. The van der Waals surface area contributed by atoms with Crippen LogP contribution in [0, 0.1) is 5.92 Å². The van der Waals surface area contributed by atoms with Gasteiger partial charge in [0, 0.05) is 0 Å². The average molecular weight is 182 g/mol. The Kier molecular flexibility index (Phi) is 5.72. The Labute approximate surface area is 82.2 Å². The van der Waals surface area contributed by atoms with Crippen LogP contribution in [0.5, 0.6) is 0 Å². The van der Waals surface area contributed by atoms with Gasteiger partial charge in [0.1, 0.15) is 0 Å². The van der Waals surface area contributed by atoms with Gasteiger partial charge in [-0.25, -0.2) is 0 Å². The number of hydrogen-bond acceptors (Lipinski definition) is 1. The summed E-state index contributed by atoms with van der Waals surface area (Å²) in [5.41, 5.74) is 2.56. The lowest BCUT2D eigenvalue weighted by Gasteiger charge is -2.10. The van der Waals surface area contributed by atoms with Gasteiger partial charge < -0.3 is 5.11 Å². The van der Waals surface area contributed by atoms with E-state index in [1.807, 2.05) is 19.9 Å². The molecule has 1 N–H and O–H groups in total. The number of hydrogen-bond donors (Lipinski definition) is 1. The molecule has 13 heavy (non-hydrogen) atoms. The van der Waals surface area contributed by atoms with Crippen molar-refractivity contribution in [1.82, 2.24) is 0 Å². The SMILES string of the molecule is CC(C)=CC/C(C)=C/[C@H](O)C(C)C. The fraction of sp³-hybridized carbons (Fsp3) is 0.667. The van der Waals surface area contributed by atoms with Crippen molar-refractivity contribution in [1.29, 1.82) is 0 Å². The first-order valence-electron chi connectivity index (χ1n) is 4.92. The van der Waals surface area contributed by atoms with Crippen molar-refractivity contribution in [3.05, 3.63) is 23.3 Å². The van der Waals surface area contributed by atoms with Crippen LogP contribution in [-0.2, 0) is 0 Å². The molecule has 1 nitrogen and oxygen atoms in total. The lowest BCUT2D eigenvalue weighted by molar-refractivity contribution is 0.171. The van der Waals surface area contributed by atoms with Crippen LogP contribution >= 0.6 is 0 Å². The predicted octanol–water partition coefficient (Wildman–Crippen LogP) is 3.31. The fourth-order valence-corrected chi connectivity index (χ4v) is 0.917. The Balaban J connectivity index is 4.09. The molecule has 1 heteroatoms. The Hall–Kier alpha value is -0.560. The molecular formula is C12H22O. The van der Waals surface area contributed by atoms with E-state index >= 15 is 0 Å². The maximum absolute atomic E-state index is 9.57. The van der Waals surface area contributed by atoms with Crippen molar-refractivity contribution in [2.24, 2.45) is 5.92 Å². The van der Waals surface area contributed by atoms with Gasteiger partial charge in [-0.2, -0.15) is 0 Å². The lowest BCUT2D eigenvalue weighted by atomic mass is 10.0. The fourth-order valence-electron chi connectivity index (χ4n) is 0.917. The van der Waals surface area contributed by atoms with E-state index in [0.29, 0.717) is 5.92 Å². The molecule has 1 atom stereocenters. The maximum Gasteiger partial charge on any atom is 0.0746 e. The Bertz CT molecular complexity index is 195. The minimum Gasteiger partial charge on any atom is -0.389 e. The van der Waals surface area contributed by atoms with Crippen molar-refractivity contribution in [3.63, 3.8) is 0 Å². The molecule has 0 amide bonds. The third kappa shape index (κ3) is 6.59. The molecule has 0 aromatic heterocycles. The topological polar surface area (TPSA) is 20.2 Å². The highest BCUT2D eigenvalue weighted by Crippen LogP contribution is 2.09. The highest BCUT2D eigenvalue weighted by atomic mass is 16.3. The number of aliphatic hydroxyl groups excluding tert-OH is 1. The van der Waals surface area contributed by atoms with Crippen LogP contribution in [0.25, 0.3) is 0 Å². The molecule has 76 valence electrons. The molecule has 0 saturated carbocycles. The normalized spacial score (nSPS) is 14.5. The minimum atomic E-state index is -0.300. The van der Waals surface area contributed by atoms with E-state index in [1.54, 1.807) is 0 Å². The van der Waals surface area contributed by atoms with E-state index in [-0.39, 0.29) is 6.10 Å². The largest absolute Gasteiger partial charge is 0.389 e. The van der Waals surface area contributed by atoms with Crippen molar-refractivity contribution in [2.45, 2.75) is 47.1 Å². The second-order valence-corrected chi connectivity index (χ2v) is 4.23. The second kappa shape index (κ2) is 5.98. The molecule has 0 saturated heterocycles. The zero-order valence-electron chi connectivity index (χ0n) is 9.46. The van der Waals surface area contributed by atoms with Crippen molar-refractivity contribution in [2.75, 3.05) is 0 Å². The number of allylic oxidation sites excluding steroid dienone is 3. The molecule has 0 rings (SSSR count). The third-order valence-corrected chi connectivity index (χ3v) is 1.97. The smallest absolute Gasteiger partial charge is 0.0746 e. The van der Waals surface area contributed by atoms with Crippen LogP contribution < -0.4 is 0 Å².